The zero-order valence-corrected chi connectivity index (χ0v) is 14.7. The molecule has 1 aromatic heterocycles. The second kappa shape index (κ2) is 8.39. The Labute approximate surface area is 142 Å². The number of benzene rings is 1. The molecule has 24 heavy (non-hydrogen) atoms. The molecule has 1 heterocycles. The molecule has 1 aromatic carbocycles. The van der Waals surface area contributed by atoms with Crippen LogP contribution in [0.3, 0.4) is 0 Å². The number of hydrogen-bond acceptors (Lipinski definition) is 7. The number of halogens is 1. The number of carbonyl (C=O) groups is 1. The second-order valence-corrected chi connectivity index (χ2v) is 7.76. The van der Waals surface area contributed by atoms with Crippen LogP contribution >= 0.6 is 18.9 Å². The summed E-state index contributed by atoms with van der Waals surface area (Å²) < 4.78 is 45.7. The van der Waals surface area contributed by atoms with E-state index in [0.29, 0.717) is 10.6 Å². The van der Waals surface area contributed by atoms with E-state index in [1.54, 1.807) is 17.5 Å². The van der Waals surface area contributed by atoms with Crippen molar-refractivity contribution in [3.8, 4) is 5.75 Å². The molecule has 9 heteroatoms. The third-order valence-electron chi connectivity index (χ3n) is 3.00. The monoisotopic (exact) mass is 374 g/mol. The maximum atomic E-state index is 12.8. The zero-order chi connectivity index (χ0) is 17.6. The van der Waals surface area contributed by atoms with Gasteiger partial charge in [-0.3, -0.25) is 4.57 Å². The number of carbonyl (C=O) groups excluding carboxylic acids is 1. The molecule has 1 unspecified atom stereocenters. The highest BCUT2D eigenvalue weighted by Gasteiger charge is 2.39. The smallest absolute Gasteiger partial charge is 0.375 e. The Morgan fingerprint density at radius 3 is 2.42 bits per heavy atom. The molecule has 0 aliphatic heterocycles. The van der Waals surface area contributed by atoms with Crippen molar-refractivity contribution in [2.24, 2.45) is 0 Å². The fourth-order valence-electron chi connectivity index (χ4n) is 1.81. The summed E-state index contributed by atoms with van der Waals surface area (Å²) in [4.78, 5) is 12.5. The van der Waals surface area contributed by atoms with Crippen LogP contribution in [0.15, 0.2) is 41.8 Å². The number of rotatable bonds is 8. The zero-order valence-electron chi connectivity index (χ0n) is 13.0. The van der Waals surface area contributed by atoms with Crippen molar-refractivity contribution in [1.29, 1.82) is 0 Å². The van der Waals surface area contributed by atoms with Crippen molar-refractivity contribution in [3.63, 3.8) is 0 Å². The van der Waals surface area contributed by atoms with Crippen LogP contribution in [-0.2, 0) is 23.1 Å². The van der Waals surface area contributed by atoms with Crippen LogP contribution in [0.5, 0.6) is 5.75 Å². The Morgan fingerprint density at radius 1 is 1.21 bits per heavy atom. The van der Waals surface area contributed by atoms with Crippen molar-refractivity contribution in [2.45, 2.75) is 5.85 Å². The molecule has 130 valence electrons. The summed E-state index contributed by atoms with van der Waals surface area (Å²) in [5, 5.41) is 1.75. The van der Waals surface area contributed by atoms with Gasteiger partial charge in [-0.25, -0.2) is 9.18 Å². The molecule has 0 spiro atoms. The Balaban J connectivity index is 2.05. The summed E-state index contributed by atoms with van der Waals surface area (Å²) in [6.45, 7) is -0.430. The topological polar surface area (TPSA) is 71.1 Å². The van der Waals surface area contributed by atoms with Gasteiger partial charge in [-0.15, -0.1) is 11.3 Å². The lowest BCUT2D eigenvalue weighted by atomic mass is 10.3. The van der Waals surface area contributed by atoms with Crippen molar-refractivity contribution in [3.05, 3.63) is 52.5 Å². The summed E-state index contributed by atoms with van der Waals surface area (Å²) in [6, 6.07) is 8.57. The van der Waals surface area contributed by atoms with Crippen LogP contribution in [0.25, 0.3) is 0 Å². The van der Waals surface area contributed by atoms with Crippen molar-refractivity contribution < 1.29 is 32.3 Å². The SMILES string of the molecule is COP(=O)(OC)C(OC(=O)COc1ccc(F)cc1)c1cccs1. The highest BCUT2D eigenvalue weighted by Crippen LogP contribution is 2.61. The van der Waals surface area contributed by atoms with Crippen molar-refractivity contribution in [1.82, 2.24) is 0 Å². The molecule has 0 amide bonds. The van der Waals surface area contributed by atoms with E-state index in [-0.39, 0.29) is 0 Å². The fraction of sp³-hybridized carbons (Fsp3) is 0.267. The molecule has 0 saturated heterocycles. The van der Waals surface area contributed by atoms with Crippen LogP contribution in [0, 0.1) is 5.82 Å². The molecule has 0 saturated carbocycles. The number of esters is 1. The average molecular weight is 374 g/mol. The first-order valence-corrected chi connectivity index (χ1v) is 9.30. The predicted octanol–water partition coefficient (Wildman–Crippen LogP) is 3.99. The first-order chi connectivity index (χ1) is 11.5. The highest BCUT2D eigenvalue weighted by atomic mass is 32.1. The van der Waals surface area contributed by atoms with Gasteiger partial charge in [-0.05, 0) is 35.7 Å². The molecule has 6 nitrogen and oxygen atoms in total. The summed E-state index contributed by atoms with van der Waals surface area (Å²) in [6.07, 6.45) is 0. The lowest BCUT2D eigenvalue weighted by molar-refractivity contribution is -0.148. The molecule has 0 fully saturated rings. The Hall–Kier alpha value is -1.73. The van der Waals surface area contributed by atoms with Crippen molar-refractivity contribution >= 4 is 24.9 Å². The first kappa shape index (κ1) is 18.6. The van der Waals surface area contributed by atoms with Gasteiger partial charge in [0.15, 0.2) is 6.61 Å². The molecule has 0 bridgehead atoms. The van der Waals surface area contributed by atoms with E-state index in [9.17, 15) is 13.8 Å². The molecule has 0 aliphatic rings. The number of thiophene rings is 1. The summed E-state index contributed by atoms with van der Waals surface area (Å²) in [5.41, 5.74) is 0. The van der Waals surface area contributed by atoms with Gasteiger partial charge in [0.25, 0.3) is 0 Å². The lowest BCUT2D eigenvalue weighted by Gasteiger charge is -2.23. The molecule has 0 N–H and O–H groups in total. The molecular formula is C15H16FO6PS. The summed E-state index contributed by atoms with van der Waals surface area (Å²) in [5.74, 6) is -2.05. The van der Waals surface area contributed by atoms with Gasteiger partial charge in [0, 0.05) is 14.2 Å². The van der Waals surface area contributed by atoms with Crippen LogP contribution in [-0.4, -0.2) is 26.8 Å². The molecule has 0 radical (unpaired) electrons. The third kappa shape index (κ3) is 4.64. The van der Waals surface area contributed by atoms with Crippen LogP contribution in [0.2, 0.25) is 0 Å². The normalized spacial score (nSPS) is 12.6. The predicted molar refractivity (Wildman–Crippen MR) is 86.7 cm³/mol. The van der Waals surface area contributed by atoms with E-state index in [1.807, 2.05) is 0 Å². The van der Waals surface area contributed by atoms with E-state index >= 15 is 0 Å². The van der Waals surface area contributed by atoms with E-state index < -0.39 is 31.8 Å². The van der Waals surface area contributed by atoms with E-state index in [4.69, 9.17) is 18.5 Å². The molecule has 2 aromatic rings. The maximum Gasteiger partial charge on any atom is 0.375 e. The second-order valence-electron chi connectivity index (χ2n) is 4.51. The largest absolute Gasteiger partial charge is 0.482 e. The lowest BCUT2D eigenvalue weighted by Crippen LogP contribution is -2.19. The minimum Gasteiger partial charge on any atom is -0.482 e. The molecular weight excluding hydrogens is 358 g/mol. The maximum absolute atomic E-state index is 12.8. The summed E-state index contributed by atoms with van der Waals surface area (Å²) in [7, 11) is -1.24. The first-order valence-electron chi connectivity index (χ1n) is 6.81. The van der Waals surface area contributed by atoms with Crippen molar-refractivity contribution in [2.75, 3.05) is 20.8 Å². The van der Waals surface area contributed by atoms with Gasteiger partial charge >= 0.3 is 13.6 Å². The molecule has 1 atom stereocenters. The third-order valence-corrected chi connectivity index (χ3v) is 6.06. The minimum absolute atomic E-state index is 0.308. The molecule has 0 aliphatic carbocycles. The average Bonchev–Trinajstić information content (AvgIpc) is 3.12. The van der Waals surface area contributed by atoms with Gasteiger partial charge in [0.05, 0.1) is 4.88 Å². The van der Waals surface area contributed by atoms with Crippen LogP contribution < -0.4 is 4.74 Å². The van der Waals surface area contributed by atoms with Crippen LogP contribution in [0.1, 0.15) is 10.7 Å². The van der Waals surface area contributed by atoms with E-state index in [2.05, 4.69) is 0 Å². The Morgan fingerprint density at radius 2 is 1.88 bits per heavy atom. The molecule has 2 rings (SSSR count). The van der Waals surface area contributed by atoms with E-state index in [0.717, 1.165) is 0 Å². The quantitative estimate of drug-likeness (QED) is 0.514. The Kier molecular flexibility index (Phi) is 6.51. The summed E-state index contributed by atoms with van der Waals surface area (Å²) >= 11 is 1.25. The van der Waals surface area contributed by atoms with E-state index in [1.165, 1.54) is 49.8 Å². The minimum atomic E-state index is -3.67. The number of hydrogen-bond donors (Lipinski definition) is 0. The van der Waals surface area contributed by atoms with Gasteiger partial charge < -0.3 is 18.5 Å². The van der Waals surface area contributed by atoms with Gasteiger partial charge in [0.1, 0.15) is 11.6 Å². The highest BCUT2D eigenvalue weighted by molar-refractivity contribution is 7.54. The van der Waals surface area contributed by atoms with Gasteiger partial charge in [-0.1, -0.05) is 6.07 Å². The number of ether oxygens (including phenoxy) is 2. The van der Waals surface area contributed by atoms with Gasteiger partial charge in [0.2, 0.25) is 5.85 Å². The van der Waals surface area contributed by atoms with Gasteiger partial charge in [-0.2, -0.15) is 0 Å². The standard InChI is InChI=1S/C15H16FO6PS/c1-19-23(18,20-2)15(13-4-3-9-24-13)22-14(17)10-21-12-7-5-11(16)6-8-12/h3-9,15H,10H2,1-2H3. The van der Waals surface area contributed by atoms with Crippen LogP contribution in [0.4, 0.5) is 4.39 Å². The fourth-order valence-corrected chi connectivity index (χ4v) is 4.19. The Bertz CT molecular complexity index is 695.